The molecule has 0 spiro atoms. The predicted octanol–water partition coefficient (Wildman–Crippen LogP) is 6.25. The van der Waals surface area contributed by atoms with E-state index in [0.717, 1.165) is 11.3 Å². The molecular formula is C21H28FN. The maximum atomic E-state index is 13.9. The van der Waals surface area contributed by atoms with Gasteiger partial charge in [-0.15, -0.1) is 0 Å². The van der Waals surface area contributed by atoms with Crippen LogP contribution in [-0.4, -0.2) is 4.98 Å². The number of rotatable bonds is 8. The summed E-state index contributed by atoms with van der Waals surface area (Å²) >= 11 is 0. The van der Waals surface area contributed by atoms with Crippen molar-refractivity contribution in [2.24, 2.45) is 0 Å². The minimum Gasteiger partial charge on any atom is -0.257 e. The molecule has 2 rings (SSSR count). The third kappa shape index (κ3) is 4.89. The molecule has 1 atom stereocenters. The zero-order valence-electron chi connectivity index (χ0n) is 14.6. The highest BCUT2D eigenvalue weighted by Gasteiger charge is 2.15. The van der Waals surface area contributed by atoms with Crippen LogP contribution >= 0.6 is 0 Å². The molecule has 0 bridgehead atoms. The van der Waals surface area contributed by atoms with Crippen molar-refractivity contribution in [3.05, 3.63) is 65.2 Å². The van der Waals surface area contributed by atoms with Crippen molar-refractivity contribution in [1.82, 2.24) is 4.98 Å². The fourth-order valence-electron chi connectivity index (χ4n) is 3.21. The summed E-state index contributed by atoms with van der Waals surface area (Å²) in [5, 5.41) is 0. The summed E-state index contributed by atoms with van der Waals surface area (Å²) in [5.41, 5.74) is 3.04. The van der Waals surface area contributed by atoms with E-state index in [4.69, 9.17) is 4.98 Å². The van der Waals surface area contributed by atoms with E-state index < -0.39 is 0 Å². The molecule has 0 aliphatic rings. The quantitative estimate of drug-likeness (QED) is 0.561. The van der Waals surface area contributed by atoms with Crippen LogP contribution < -0.4 is 0 Å². The van der Waals surface area contributed by atoms with Gasteiger partial charge in [-0.1, -0.05) is 57.9 Å². The Balaban J connectivity index is 2.16. The molecule has 0 saturated heterocycles. The summed E-state index contributed by atoms with van der Waals surface area (Å²) in [6, 6.07) is 13.4. The number of halogens is 1. The van der Waals surface area contributed by atoms with Crippen LogP contribution in [-0.2, 0) is 6.42 Å². The Morgan fingerprint density at radius 1 is 0.913 bits per heavy atom. The predicted molar refractivity (Wildman–Crippen MR) is 95.3 cm³/mol. The summed E-state index contributed by atoms with van der Waals surface area (Å²) in [5.74, 6) is 0.645. The lowest BCUT2D eigenvalue weighted by molar-refractivity contribution is 0.543. The summed E-state index contributed by atoms with van der Waals surface area (Å²) in [6.07, 6.45) is 5.43. The molecule has 124 valence electrons. The summed E-state index contributed by atoms with van der Waals surface area (Å²) in [4.78, 5) is 4.91. The van der Waals surface area contributed by atoms with Gasteiger partial charge in [-0.2, -0.15) is 0 Å². The minimum absolute atomic E-state index is 0.120. The largest absolute Gasteiger partial charge is 0.257 e. The minimum atomic E-state index is -0.120. The van der Waals surface area contributed by atoms with Gasteiger partial charge in [0.1, 0.15) is 5.82 Å². The average Bonchev–Trinajstić information content (AvgIpc) is 2.57. The fourth-order valence-corrected chi connectivity index (χ4v) is 3.21. The van der Waals surface area contributed by atoms with Gasteiger partial charge in [-0.25, -0.2) is 4.39 Å². The van der Waals surface area contributed by atoms with E-state index in [0.29, 0.717) is 12.3 Å². The molecular weight excluding hydrogens is 285 g/mol. The molecule has 2 heteroatoms. The summed E-state index contributed by atoms with van der Waals surface area (Å²) in [6.45, 7) is 6.59. The van der Waals surface area contributed by atoms with Gasteiger partial charge >= 0.3 is 0 Å². The molecule has 0 aliphatic carbocycles. The third-order valence-electron chi connectivity index (χ3n) is 4.47. The number of nitrogens with zero attached hydrogens (tertiary/aromatic N) is 1. The zero-order chi connectivity index (χ0) is 16.7. The van der Waals surface area contributed by atoms with E-state index in [-0.39, 0.29) is 11.7 Å². The highest BCUT2D eigenvalue weighted by molar-refractivity contribution is 5.23. The Bertz CT molecular complexity index is 602. The first-order chi connectivity index (χ1) is 11.2. The van der Waals surface area contributed by atoms with E-state index in [1.807, 2.05) is 12.1 Å². The van der Waals surface area contributed by atoms with Crippen LogP contribution in [0.3, 0.4) is 0 Å². The van der Waals surface area contributed by atoms with Gasteiger partial charge in [0, 0.05) is 23.2 Å². The molecule has 0 fully saturated rings. The molecule has 0 N–H and O–H groups in total. The molecule has 1 nitrogen and oxygen atoms in total. The van der Waals surface area contributed by atoms with Crippen molar-refractivity contribution in [3.8, 4) is 0 Å². The molecule has 0 radical (unpaired) electrons. The lowest BCUT2D eigenvalue weighted by Crippen LogP contribution is -2.07. The fraction of sp³-hybridized carbons (Fsp3) is 0.476. The molecule has 2 aromatic rings. The Labute approximate surface area is 140 Å². The smallest absolute Gasteiger partial charge is 0.126 e. The lowest BCUT2D eigenvalue weighted by atomic mass is 9.92. The number of benzene rings is 1. The number of pyridine rings is 1. The van der Waals surface area contributed by atoms with Gasteiger partial charge in [0.25, 0.3) is 0 Å². The van der Waals surface area contributed by atoms with Crippen molar-refractivity contribution < 1.29 is 4.39 Å². The standard InChI is InChI=1S/C21H28FN/c1-4-9-17(10-5-2)21-14-8-13-20(23-21)16(3)15-18-11-6-7-12-19(18)22/h6-8,11-14,16-17H,4-5,9-10,15H2,1-3H3. The Morgan fingerprint density at radius 3 is 2.22 bits per heavy atom. The number of aromatic nitrogens is 1. The Kier molecular flexibility index (Phi) is 6.76. The highest BCUT2D eigenvalue weighted by Crippen LogP contribution is 2.27. The monoisotopic (exact) mass is 313 g/mol. The highest BCUT2D eigenvalue weighted by atomic mass is 19.1. The first kappa shape index (κ1) is 17.7. The summed E-state index contributed by atoms with van der Waals surface area (Å²) in [7, 11) is 0. The normalized spacial score (nSPS) is 12.6. The second-order valence-corrected chi connectivity index (χ2v) is 6.46. The van der Waals surface area contributed by atoms with E-state index in [2.05, 4.69) is 39.0 Å². The van der Waals surface area contributed by atoms with Crippen LogP contribution in [0.1, 0.15) is 75.2 Å². The summed E-state index contributed by atoms with van der Waals surface area (Å²) < 4.78 is 13.9. The van der Waals surface area contributed by atoms with E-state index >= 15 is 0 Å². The SMILES string of the molecule is CCCC(CCC)c1cccc(C(C)Cc2ccccc2F)n1. The van der Waals surface area contributed by atoms with E-state index in [1.54, 1.807) is 6.07 Å². The second kappa shape index (κ2) is 8.81. The Hall–Kier alpha value is -1.70. The topological polar surface area (TPSA) is 12.9 Å². The Morgan fingerprint density at radius 2 is 1.57 bits per heavy atom. The van der Waals surface area contributed by atoms with Crippen LogP contribution in [0.25, 0.3) is 0 Å². The van der Waals surface area contributed by atoms with Crippen LogP contribution in [0.4, 0.5) is 4.39 Å². The molecule has 1 heterocycles. The average molecular weight is 313 g/mol. The molecule has 0 aliphatic heterocycles. The van der Waals surface area contributed by atoms with E-state index in [9.17, 15) is 4.39 Å². The molecule has 23 heavy (non-hydrogen) atoms. The van der Waals surface area contributed by atoms with Crippen molar-refractivity contribution in [2.45, 2.75) is 64.7 Å². The molecule has 1 aromatic carbocycles. The number of hydrogen-bond donors (Lipinski definition) is 0. The molecule has 0 amide bonds. The maximum Gasteiger partial charge on any atom is 0.126 e. The van der Waals surface area contributed by atoms with E-state index in [1.165, 1.54) is 37.4 Å². The van der Waals surface area contributed by atoms with Crippen molar-refractivity contribution >= 4 is 0 Å². The van der Waals surface area contributed by atoms with Crippen LogP contribution in [0.5, 0.6) is 0 Å². The molecule has 1 unspecified atom stereocenters. The van der Waals surface area contributed by atoms with Gasteiger partial charge in [0.15, 0.2) is 0 Å². The molecule has 1 aromatic heterocycles. The van der Waals surface area contributed by atoms with Crippen LogP contribution in [0.2, 0.25) is 0 Å². The van der Waals surface area contributed by atoms with Crippen LogP contribution in [0.15, 0.2) is 42.5 Å². The van der Waals surface area contributed by atoms with Gasteiger partial charge in [-0.05, 0) is 43.0 Å². The third-order valence-corrected chi connectivity index (χ3v) is 4.47. The second-order valence-electron chi connectivity index (χ2n) is 6.46. The number of hydrogen-bond acceptors (Lipinski definition) is 1. The van der Waals surface area contributed by atoms with Gasteiger partial charge in [0.05, 0.1) is 0 Å². The first-order valence-electron chi connectivity index (χ1n) is 8.85. The van der Waals surface area contributed by atoms with Crippen molar-refractivity contribution in [3.63, 3.8) is 0 Å². The zero-order valence-corrected chi connectivity index (χ0v) is 14.6. The van der Waals surface area contributed by atoms with Crippen LogP contribution in [0, 0.1) is 5.82 Å². The lowest BCUT2D eigenvalue weighted by Gasteiger charge is -2.18. The maximum absolute atomic E-state index is 13.9. The molecule has 0 saturated carbocycles. The van der Waals surface area contributed by atoms with Crippen molar-refractivity contribution in [1.29, 1.82) is 0 Å². The van der Waals surface area contributed by atoms with Gasteiger partial charge in [0.2, 0.25) is 0 Å². The van der Waals surface area contributed by atoms with Gasteiger partial charge in [-0.3, -0.25) is 4.98 Å². The first-order valence-corrected chi connectivity index (χ1v) is 8.85. The van der Waals surface area contributed by atoms with Crippen molar-refractivity contribution in [2.75, 3.05) is 0 Å². The van der Waals surface area contributed by atoms with Gasteiger partial charge < -0.3 is 0 Å².